The van der Waals surface area contributed by atoms with Gasteiger partial charge in [0, 0.05) is 39.0 Å². The van der Waals surface area contributed by atoms with Gasteiger partial charge in [-0.2, -0.15) is 5.26 Å². The van der Waals surface area contributed by atoms with E-state index in [1.165, 1.54) is 0 Å². The first kappa shape index (κ1) is 15.1. The summed E-state index contributed by atoms with van der Waals surface area (Å²) in [4.78, 5) is 15.0. The number of rotatable bonds is 0. The molecule has 0 saturated carbocycles. The molecule has 5 nitrogen and oxygen atoms in total. The van der Waals surface area contributed by atoms with Crippen LogP contribution >= 0.6 is 0 Å². The summed E-state index contributed by atoms with van der Waals surface area (Å²) in [6, 6.07) is 2.15. The van der Waals surface area contributed by atoms with Crippen molar-refractivity contribution in [3.63, 3.8) is 0 Å². The van der Waals surface area contributed by atoms with Crippen molar-refractivity contribution in [2.45, 2.75) is 31.2 Å². The minimum absolute atomic E-state index is 0.420. The Kier molecular flexibility index (Phi) is 5.73. The Balaban J connectivity index is 0.000000184. The smallest absolute Gasteiger partial charge is 0.135 e. The summed E-state index contributed by atoms with van der Waals surface area (Å²) in [6.07, 6.45) is 3.13. The first-order valence-corrected chi connectivity index (χ1v) is 6.54. The molecule has 102 valence electrons. The summed E-state index contributed by atoms with van der Waals surface area (Å²) >= 11 is 0. The molecule has 0 aromatic rings. The zero-order valence-corrected chi connectivity index (χ0v) is 11.5. The van der Waals surface area contributed by atoms with Crippen LogP contribution in [0.5, 0.6) is 0 Å². The van der Waals surface area contributed by atoms with Crippen LogP contribution in [0, 0.1) is 11.3 Å². The van der Waals surface area contributed by atoms with Gasteiger partial charge in [0.2, 0.25) is 0 Å². The number of hydrogen-bond donors (Lipinski definition) is 1. The van der Waals surface area contributed by atoms with E-state index in [4.69, 9.17) is 11.0 Å². The van der Waals surface area contributed by atoms with Crippen molar-refractivity contribution in [2.75, 3.05) is 40.3 Å². The molecule has 2 rings (SSSR count). The Morgan fingerprint density at radius 3 is 1.94 bits per heavy atom. The summed E-state index contributed by atoms with van der Waals surface area (Å²) < 4.78 is 0. The highest BCUT2D eigenvalue weighted by Gasteiger charge is 2.28. The number of carbonyl (C=O) groups is 1. The molecule has 0 radical (unpaired) electrons. The number of hydrogen-bond acceptors (Lipinski definition) is 5. The number of Topliss-reactive ketones (excluding diaryl/α,β-unsaturated/α-hetero) is 1. The van der Waals surface area contributed by atoms with Crippen molar-refractivity contribution in [2.24, 2.45) is 5.73 Å². The first-order chi connectivity index (χ1) is 8.45. The number of nitrogens with two attached hydrogens (primary N) is 1. The predicted molar refractivity (Wildman–Crippen MR) is 71.0 cm³/mol. The Morgan fingerprint density at radius 1 is 1.11 bits per heavy atom. The van der Waals surface area contributed by atoms with Crippen molar-refractivity contribution < 1.29 is 4.79 Å². The quantitative estimate of drug-likeness (QED) is 0.667. The largest absolute Gasteiger partial charge is 0.313 e. The van der Waals surface area contributed by atoms with E-state index in [0.717, 1.165) is 51.9 Å². The highest BCUT2D eigenvalue weighted by molar-refractivity contribution is 5.79. The lowest BCUT2D eigenvalue weighted by atomic mass is 9.91. The minimum atomic E-state index is -0.535. The van der Waals surface area contributed by atoms with E-state index in [1.807, 2.05) is 7.05 Å². The molecule has 5 heteroatoms. The fourth-order valence-electron chi connectivity index (χ4n) is 2.00. The molecule has 2 heterocycles. The fraction of sp³-hybridized carbons (Fsp3) is 0.846. The van der Waals surface area contributed by atoms with E-state index in [-0.39, 0.29) is 0 Å². The van der Waals surface area contributed by atoms with Gasteiger partial charge < -0.3 is 15.5 Å². The number of nitrogens with zero attached hydrogens (tertiary/aromatic N) is 3. The van der Waals surface area contributed by atoms with Crippen molar-refractivity contribution in [3.05, 3.63) is 0 Å². The highest BCUT2D eigenvalue weighted by Crippen LogP contribution is 2.16. The van der Waals surface area contributed by atoms with E-state index in [1.54, 1.807) is 0 Å². The molecule has 0 unspecified atom stereocenters. The molecule has 2 aliphatic rings. The summed E-state index contributed by atoms with van der Waals surface area (Å²) in [7, 11) is 4.10. The second-order valence-corrected chi connectivity index (χ2v) is 5.41. The Bertz CT molecular complexity index is 305. The minimum Gasteiger partial charge on any atom is -0.313 e. The van der Waals surface area contributed by atoms with Crippen LogP contribution in [0.15, 0.2) is 0 Å². The van der Waals surface area contributed by atoms with Gasteiger partial charge in [-0.3, -0.25) is 4.79 Å². The SMILES string of the molecule is CN1CCC(=O)CC1.CN1CCC(N)(C#N)CC1. The van der Waals surface area contributed by atoms with Gasteiger partial charge in [0.05, 0.1) is 6.07 Å². The third kappa shape index (κ3) is 5.13. The third-order valence-electron chi connectivity index (χ3n) is 3.65. The lowest BCUT2D eigenvalue weighted by molar-refractivity contribution is -0.121. The van der Waals surface area contributed by atoms with E-state index < -0.39 is 5.54 Å². The number of carbonyl (C=O) groups excluding carboxylic acids is 1. The van der Waals surface area contributed by atoms with Crippen LogP contribution in [0.4, 0.5) is 0 Å². The zero-order chi connectivity index (χ0) is 13.6. The third-order valence-corrected chi connectivity index (χ3v) is 3.65. The Labute approximate surface area is 110 Å². The van der Waals surface area contributed by atoms with E-state index in [0.29, 0.717) is 5.78 Å². The lowest BCUT2D eigenvalue weighted by Gasteiger charge is -2.32. The molecule has 2 fully saturated rings. The topological polar surface area (TPSA) is 73.4 Å². The number of ketones is 1. The van der Waals surface area contributed by atoms with Crippen LogP contribution in [-0.4, -0.2) is 61.4 Å². The summed E-state index contributed by atoms with van der Waals surface area (Å²) in [6.45, 7) is 3.81. The maximum atomic E-state index is 10.6. The van der Waals surface area contributed by atoms with Gasteiger partial charge in [0.15, 0.2) is 0 Å². The zero-order valence-electron chi connectivity index (χ0n) is 11.5. The standard InChI is InChI=1S/C7H13N3.C6H11NO/c1-10-4-2-7(9,6-8)3-5-10;1-7-4-2-6(8)3-5-7/h2-5,9H2,1H3;2-5H2,1H3. The molecule has 0 atom stereocenters. The number of nitriles is 1. The van der Waals surface area contributed by atoms with Gasteiger partial charge in [-0.05, 0) is 26.9 Å². The molecule has 0 bridgehead atoms. The summed E-state index contributed by atoms with van der Waals surface area (Å²) in [5, 5.41) is 8.64. The molecule has 2 N–H and O–H groups in total. The summed E-state index contributed by atoms with van der Waals surface area (Å²) in [5.74, 6) is 0.420. The summed E-state index contributed by atoms with van der Waals surface area (Å²) in [5.41, 5.74) is 5.20. The van der Waals surface area contributed by atoms with Crippen LogP contribution in [0.25, 0.3) is 0 Å². The molecule has 18 heavy (non-hydrogen) atoms. The molecule has 0 aliphatic carbocycles. The monoisotopic (exact) mass is 252 g/mol. The van der Waals surface area contributed by atoms with Crippen LogP contribution in [0.2, 0.25) is 0 Å². The van der Waals surface area contributed by atoms with Crippen LogP contribution in [-0.2, 0) is 4.79 Å². The second kappa shape index (κ2) is 6.83. The van der Waals surface area contributed by atoms with Gasteiger partial charge in [0.25, 0.3) is 0 Å². The number of likely N-dealkylation sites (tertiary alicyclic amines) is 2. The van der Waals surface area contributed by atoms with Crippen molar-refractivity contribution in [1.82, 2.24) is 9.80 Å². The Morgan fingerprint density at radius 2 is 1.56 bits per heavy atom. The van der Waals surface area contributed by atoms with E-state index >= 15 is 0 Å². The van der Waals surface area contributed by atoms with Gasteiger partial charge >= 0.3 is 0 Å². The molecule has 2 aliphatic heterocycles. The average molecular weight is 252 g/mol. The molecule has 0 amide bonds. The normalized spacial score (nSPS) is 24.9. The molecular weight excluding hydrogens is 228 g/mol. The number of piperidine rings is 2. The van der Waals surface area contributed by atoms with E-state index in [2.05, 4.69) is 22.9 Å². The predicted octanol–water partition coefficient (Wildman–Crippen LogP) is 0.214. The molecule has 2 saturated heterocycles. The molecule has 0 aromatic heterocycles. The maximum Gasteiger partial charge on any atom is 0.135 e. The van der Waals surface area contributed by atoms with Gasteiger partial charge in [0.1, 0.15) is 11.3 Å². The van der Waals surface area contributed by atoms with E-state index in [9.17, 15) is 4.79 Å². The van der Waals surface area contributed by atoms with Gasteiger partial charge in [-0.15, -0.1) is 0 Å². The first-order valence-electron chi connectivity index (χ1n) is 6.54. The lowest BCUT2D eigenvalue weighted by Crippen LogP contribution is -2.48. The average Bonchev–Trinajstić information content (AvgIpc) is 2.38. The molecule has 0 aromatic carbocycles. The van der Waals surface area contributed by atoms with Crippen LogP contribution in [0.3, 0.4) is 0 Å². The van der Waals surface area contributed by atoms with Crippen LogP contribution in [0.1, 0.15) is 25.7 Å². The second-order valence-electron chi connectivity index (χ2n) is 5.41. The molecule has 0 spiro atoms. The van der Waals surface area contributed by atoms with Gasteiger partial charge in [-0.25, -0.2) is 0 Å². The van der Waals surface area contributed by atoms with Gasteiger partial charge in [-0.1, -0.05) is 0 Å². The maximum absolute atomic E-state index is 10.6. The van der Waals surface area contributed by atoms with Crippen molar-refractivity contribution in [3.8, 4) is 6.07 Å². The van der Waals surface area contributed by atoms with Crippen molar-refractivity contribution in [1.29, 1.82) is 5.26 Å². The Hall–Kier alpha value is -0.960. The van der Waals surface area contributed by atoms with Crippen LogP contribution < -0.4 is 5.73 Å². The fourth-order valence-corrected chi connectivity index (χ4v) is 2.00. The van der Waals surface area contributed by atoms with Crippen molar-refractivity contribution >= 4 is 5.78 Å². The molecular formula is C13H24N4O. The highest BCUT2D eigenvalue weighted by atomic mass is 16.1.